The summed E-state index contributed by atoms with van der Waals surface area (Å²) in [5.41, 5.74) is 1.42. The first-order valence-corrected chi connectivity index (χ1v) is 16.0. The predicted octanol–water partition coefficient (Wildman–Crippen LogP) is 4.23. The van der Waals surface area contributed by atoms with Crippen molar-refractivity contribution in [3.63, 3.8) is 0 Å². The molecule has 2 aliphatic rings. The fraction of sp³-hybridized carbons (Fsp3) is 0.528. The molecule has 8 nitrogen and oxygen atoms in total. The number of allylic oxidation sites excluding steroid dienone is 6. The number of nitrogens with zero attached hydrogens (tertiary/aromatic N) is 1. The molecule has 1 aliphatic heterocycles. The minimum atomic E-state index is -0.924. The second-order valence-electron chi connectivity index (χ2n) is 13.1. The van der Waals surface area contributed by atoms with E-state index in [1.165, 1.54) is 18.9 Å². The quantitative estimate of drug-likeness (QED) is 0.199. The van der Waals surface area contributed by atoms with Crippen LogP contribution in [0.3, 0.4) is 0 Å². The maximum Gasteiger partial charge on any atom is 0.244 e. The van der Waals surface area contributed by atoms with E-state index in [1.54, 1.807) is 18.2 Å². The second kappa shape index (κ2) is 17.1. The van der Waals surface area contributed by atoms with Crippen molar-refractivity contribution in [2.75, 3.05) is 19.6 Å². The lowest BCUT2D eigenvalue weighted by Gasteiger charge is -2.47. The Hall–Kier alpha value is -3.49. The number of hydrogen-bond donors (Lipinski definition) is 4. The largest absolute Gasteiger partial charge is 0.390 e. The van der Waals surface area contributed by atoms with Crippen molar-refractivity contribution in [1.82, 2.24) is 20.9 Å². The van der Waals surface area contributed by atoms with Gasteiger partial charge < -0.3 is 21.1 Å². The number of aliphatic hydroxyl groups is 1. The molecule has 1 aromatic carbocycles. The van der Waals surface area contributed by atoms with Crippen molar-refractivity contribution in [3.8, 4) is 0 Å². The Morgan fingerprint density at radius 3 is 2.43 bits per heavy atom. The summed E-state index contributed by atoms with van der Waals surface area (Å²) in [5.74, 6) is 0.230. The Labute approximate surface area is 263 Å². The first kappa shape index (κ1) is 35.0. The van der Waals surface area contributed by atoms with Crippen LogP contribution >= 0.6 is 0 Å². The highest BCUT2D eigenvalue weighted by Gasteiger charge is 2.41. The molecule has 240 valence electrons. The Morgan fingerprint density at radius 2 is 1.77 bits per heavy atom. The van der Waals surface area contributed by atoms with Gasteiger partial charge in [-0.3, -0.25) is 19.3 Å². The van der Waals surface area contributed by atoms with Gasteiger partial charge in [0.1, 0.15) is 0 Å². The molecule has 1 aromatic rings. The van der Waals surface area contributed by atoms with Crippen molar-refractivity contribution in [2.24, 2.45) is 11.8 Å². The van der Waals surface area contributed by atoms with Gasteiger partial charge in [0.15, 0.2) is 0 Å². The maximum absolute atomic E-state index is 13.5. The maximum atomic E-state index is 13.5. The van der Waals surface area contributed by atoms with Gasteiger partial charge in [0.25, 0.3) is 0 Å². The normalized spacial score (nSPS) is 22.7. The monoisotopic (exact) mass is 604 g/mol. The van der Waals surface area contributed by atoms with Gasteiger partial charge in [0.05, 0.1) is 24.7 Å². The number of fused-ring (bicyclic) bond motifs is 1. The summed E-state index contributed by atoms with van der Waals surface area (Å²) >= 11 is 0. The third-order valence-electron chi connectivity index (χ3n) is 8.35. The van der Waals surface area contributed by atoms with Crippen LogP contribution in [-0.2, 0) is 20.8 Å². The van der Waals surface area contributed by atoms with Crippen LogP contribution < -0.4 is 16.0 Å². The van der Waals surface area contributed by atoms with Crippen LogP contribution in [0.4, 0.5) is 0 Å². The molecular weight excluding hydrogens is 552 g/mol. The second-order valence-corrected chi connectivity index (χ2v) is 13.1. The number of carbonyl (C=O) groups is 3. The molecule has 0 bridgehead atoms. The molecule has 5 unspecified atom stereocenters. The van der Waals surface area contributed by atoms with E-state index >= 15 is 0 Å². The van der Waals surface area contributed by atoms with Crippen molar-refractivity contribution in [3.05, 3.63) is 84.5 Å². The van der Waals surface area contributed by atoms with E-state index in [0.29, 0.717) is 18.3 Å². The number of aliphatic hydroxyl groups excluding tert-OH is 1. The number of hydrogen-bond acceptors (Lipinski definition) is 5. The van der Waals surface area contributed by atoms with Gasteiger partial charge in [-0.15, -0.1) is 0 Å². The molecule has 0 spiro atoms. The van der Waals surface area contributed by atoms with E-state index in [1.807, 2.05) is 70.2 Å². The molecule has 1 saturated heterocycles. The van der Waals surface area contributed by atoms with E-state index in [2.05, 4.69) is 27.4 Å². The summed E-state index contributed by atoms with van der Waals surface area (Å²) in [5, 5.41) is 20.4. The van der Waals surface area contributed by atoms with E-state index in [9.17, 15) is 19.5 Å². The number of nitrogens with one attached hydrogen (secondary N) is 3. The summed E-state index contributed by atoms with van der Waals surface area (Å²) in [6, 6.07) is 8.77. The predicted molar refractivity (Wildman–Crippen MR) is 177 cm³/mol. The molecule has 1 saturated carbocycles. The zero-order chi connectivity index (χ0) is 32.1. The summed E-state index contributed by atoms with van der Waals surface area (Å²) < 4.78 is 0. The number of rotatable bonds is 13. The van der Waals surface area contributed by atoms with E-state index in [-0.39, 0.29) is 30.6 Å². The summed E-state index contributed by atoms with van der Waals surface area (Å²) in [7, 11) is 0. The first-order valence-electron chi connectivity index (χ1n) is 16.0. The minimum Gasteiger partial charge on any atom is -0.390 e. The minimum absolute atomic E-state index is 0.00587. The van der Waals surface area contributed by atoms with Gasteiger partial charge in [-0.1, -0.05) is 80.5 Å². The SMILES string of the molecule is C=C/C=C(\C=C/C)/C=C/C(=O)NCC(=O)NC(Cc1ccccc1)C(O)CN1CC2CCCCC2CC1C(=O)NC(C)(C)C. The summed E-state index contributed by atoms with van der Waals surface area (Å²) in [6.45, 7) is 12.3. The fourth-order valence-corrected chi connectivity index (χ4v) is 6.30. The van der Waals surface area contributed by atoms with Gasteiger partial charge in [0, 0.05) is 24.7 Å². The topological polar surface area (TPSA) is 111 Å². The molecular formula is C36H52N4O4. The molecule has 3 amide bonds. The van der Waals surface area contributed by atoms with Gasteiger partial charge in [0.2, 0.25) is 17.7 Å². The van der Waals surface area contributed by atoms with Crippen LogP contribution in [0.5, 0.6) is 0 Å². The molecule has 2 fully saturated rings. The summed E-state index contributed by atoms with van der Waals surface area (Å²) in [6.07, 6.45) is 15.1. The highest BCUT2D eigenvalue weighted by molar-refractivity contribution is 5.91. The molecule has 8 heteroatoms. The van der Waals surface area contributed by atoms with Crippen LogP contribution in [0.25, 0.3) is 0 Å². The summed E-state index contributed by atoms with van der Waals surface area (Å²) in [4.78, 5) is 41.0. The van der Waals surface area contributed by atoms with Crippen LogP contribution in [-0.4, -0.2) is 71.1 Å². The van der Waals surface area contributed by atoms with Crippen molar-refractivity contribution < 1.29 is 19.5 Å². The lowest BCUT2D eigenvalue weighted by molar-refractivity contribution is -0.133. The van der Waals surface area contributed by atoms with Gasteiger partial charge in [-0.25, -0.2) is 0 Å². The number of amides is 3. The first-order chi connectivity index (χ1) is 21.0. The number of piperidine rings is 1. The molecule has 5 atom stereocenters. The third kappa shape index (κ3) is 11.5. The Kier molecular flexibility index (Phi) is 13.6. The average Bonchev–Trinajstić information content (AvgIpc) is 2.98. The lowest BCUT2D eigenvalue weighted by atomic mass is 9.72. The van der Waals surface area contributed by atoms with Gasteiger partial charge in [-0.2, -0.15) is 0 Å². The zero-order valence-electron chi connectivity index (χ0n) is 26.9. The Bertz CT molecular complexity index is 1200. The highest BCUT2D eigenvalue weighted by atomic mass is 16.3. The Morgan fingerprint density at radius 1 is 1.07 bits per heavy atom. The lowest BCUT2D eigenvalue weighted by Crippen LogP contribution is -2.60. The van der Waals surface area contributed by atoms with Crippen molar-refractivity contribution in [2.45, 2.75) is 89.9 Å². The van der Waals surface area contributed by atoms with E-state index in [4.69, 9.17) is 0 Å². The molecule has 1 aliphatic carbocycles. The fourth-order valence-electron chi connectivity index (χ4n) is 6.30. The van der Waals surface area contributed by atoms with Crippen LogP contribution in [0.1, 0.15) is 65.4 Å². The molecule has 0 radical (unpaired) electrons. The van der Waals surface area contributed by atoms with Crippen molar-refractivity contribution in [1.29, 1.82) is 0 Å². The smallest absolute Gasteiger partial charge is 0.244 e. The van der Waals surface area contributed by atoms with E-state index < -0.39 is 24.0 Å². The molecule has 4 N–H and O–H groups in total. The Balaban J connectivity index is 1.71. The van der Waals surface area contributed by atoms with Gasteiger partial charge >= 0.3 is 0 Å². The number of carbonyl (C=O) groups excluding carboxylic acids is 3. The van der Waals surface area contributed by atoms with Crippen LogP contribution in [0, 0.1) is 11.8 Å². The number of benzene rings is 1. The van der Waals surface area contributed by atoms with Crippen LogP contribution in [0.2, 0.25) is 0 Å². The third-order valence-corrected chi connectivity index (χ3v) is 8.35. The average molecular weight is 605 g/mol. The highest BCUT2D eigenvalue weighted by Crippen LogP contribution is 2.39. The van der Waals surface area contributed by atoms with Crippen LogP contribution in [0.15, 0.2) is 78.9 Å². The van der Waals surface area contributed by atoms with Crippen molar-refractivity contribution >= 4 is 17.7 Å². The number of likely N-dealkylation sites (tertiary alicyclic amines) is 1. The molecule has 0 aromatic heterocycles. The molecule has 44 heavy (non-hydrogen) atoms. The standard InChI is InChI=1S/C36H52N4O4/c1-6-13-26(14-7-2)19-20-33(42)37-23-34(43)38-30(21-27-15-9-8-10-16-27)32(41)25-40-24-29-18-12-11-17-28(29)22-31(40)35(44)39-36(3,4)5/h6-10,13-16,19-20,28-32,41H,1,11-12,17-18,21-25H2,2-5H3,(H,37,42)(H,38,43)(H,39,44)/b14-7-,20-19+,26-13+. The number of β-amino-alcohol motifs (C(OH)–C–C–N with tert-alkyl or cyclic N) is 1. The molecule has 3 rings (SSSR count). The zero-order valence-corrected chi connectivity index (χ0v) is 26.9. The van der Waals surface area contributed by atoms with E-state index in [0.717, 1.165) is 36.9 Å². The molecule has 1 heterocycles. The van der Waals surface area contributed by atoms with Gasteiger partial charge in [-0.05, 0) is 76.0 Å².